The van der Waals surface area contributed by atoms with Crippen molar-refractivity contribution in [3.63, 3.8) is 0 Å². The highest BCUT2D eigenvalue weighted by molar-refractivity contribution is 8.18. The fraction of sp³-hybridized carbons (Fsp3) is 0.125. The molecule has 0 N–H and O–H groups in total. The molecule has 24 heavy (non-hydrogen) atoms. The molecular formula is C16H13N3O4S. The van der Waals surface area contributed by atoms with Gasteiger partial charge in [0.2, 0.25) is 0 Å². The number of rotatable bonds is 3. The van der Waals surface area contributed by atoms with Crippen molar-refractivity contribution in [2.45, 2.75) is 0 Å². The molecule has 0 saturated carbocycles. The van der Waals surface area contributed by atoms with Crippen molar-refractivity contribution in [3.8, 4) is 11.3 Å². The van der Waals surface area contributed by atoms with Gasteiger partial charge in [0.15, 0.2) is 5.17 Å². The highest BCUT2D eigenvalue weighted by Gasteiger charge is 2.30. The summed E-state index contributed by atoms with van der Waals surface area (Å²) in [6, 6.07) is 9.68. The number of carbonyl (C=O) groups is 1. The number of furan rings is 1. The maximum Gasteiger partial charge on any atom is 0.280 e. The normalized spacial score (nSPS) is 17.9. The molecule has 1 amide bonds. The molecular weight excluding hydrogens is 330 g/mol. The van der Waals surface area contributed by atoms with Crippen molar-refractivity contribution in [1.29, 1.82) is 0 Å². The van der Waals surface area contributed by atoms with Crippen LogP contribution in [0.3, 0.4) is 0 Å². The molecule has 1 aliphatic rings. The van der Waals surface area contributed by atoms with Crippen LogP contribution in [0.25, 0.3) is 17.4 Å². The molecule has 0 unspecified atom stereocenters. The number of carbonyl (C=O) groups excluding carboxylic acids is 1. The smallest absolute Gasteiger partial charge is 0.280 e. The molecule has 1 saturated heterocycles. The average Bonchev–Trinajstić information content (AvgIpc) is 3.15. The van der Waals surface area contributed by atoms with Gasteiger partial charge in [-0.15, -0.1) is 0 Å². The zero-order chi connectivity index (χ0) is 17.3. The van der Waals surface area contributed by atoms with E-state index in [2.05, 4.69) is 4.99 Å². The molecule has 0 radical (unpaired) electrons. The minimum Gasteiger partial charge on any atom is -0.456 e. The zero-order valence-electron chi connectivity index (χ0n) is 12.9. The van der Waals surface area contributed by atoms with Crippen LogP contribution in [0.15, 0.2) is 50.7 Å². The fourth-order valence-electron chi connectivity index (χ4n) is 2.30. The monoisotopic (exact) mass is 343 g/mol. The van der Waals surface area contributed by atoms with E-state index in [9.17, 15) is 14.9 Å². The summed E-state index contributed by atoms with van der Waals surface area (Å²) in [5, 5.41) is 11.7. The first-order chi connectivity index (χ1) is 11.5. The molecule has 1 fully saturated rings. The minimum absolute atomic E-state index is 0.0301. The molecule has 3 rings (SSSR count). The summed E-state index contributed by atoms with van der Waals surface area (Å²) in [4.78, 5) is 28.8. The van der Waals surface area contributed by atoms with Crippen LogP contribution < -0.4 is 0 Å². The Hall–Kier alpha value is -2.87. The van der Waals surface area contributed by atoms with Crippen LogP contribution in [0.2, 0.25) is 0 Å². The lowest BCUT2D eigenvalue weighted by Crippen LogP contribution is -2.23. The molecule has 0 aliphatic carbocycles. The average molecular weight is 343 g/mol. The van der Waals surface area contributed by atoms with E-state index in [-0.39, 0.29) is 11.6 Å². The van der Waals surface area contributed by atoms with Gasteiger partial charge in [0, 0.05) is 26.2 Å². The molecule has 2 aromatic rings. The van der Waals surface area contributed by atoms with Gasteiger partial charge in [-0.3, -0.25) is 24.8 Å². The predicted molar refractivity (Wildman–Crippen MR) is 92.5 cm³/mol. The maximum atomic E-state index is 12.1. The Morgan fingerprint density at radius 3 is 2.71 bits per heavy atom. The van der Waals surface area contributed by atoms with Crippen molar-refractivity contribution in [1.82, 2.24) is 4.90 Å². The molecule has 122 valence electrons. The predicted octanol–water partition coefficient (Wildman–Crippen LogP) is 3.39. The van der Waals surface area contributed by atoms with Gasteiger partial charge >= 0.3 is 0 Å². The van der Waals surface area contributed by atoms with Gasteiger partial charge in [-0.1, -0.05) is 12.1 Å². The van der Waals surface area contributed by atoms with E-state index >= 15 is 0 Å². The van der Waals surface area contributed by atoms with Crippen LogP contribution in [0.1, 0.15) is 5.76 Å². The van der Waals surface area contributed by atoms with Gasteiger partial charge in [0.1, 0.15) is 11.5 Å². The third kappa shape index (κ3) is 2.83. The van der Waals surface area contributed by atoms with Crippen LogP contribution >= 0.6 is 11.8 Å². The number of thioether (sulfide) groups is 1. The zero-order valence-corrected chi connectivity index (χ0v) is 13.7. The Bertz CT molecular complexity index is 885. The summed E-state index contributed by atoms with van der Waals surface area (Å²) in [6.07, 6.45) is 1.61. The number of benzene rings is 1. The topological polar surface area (TPSA) is 89.0 Å². The van der Waals surface area contributed by atoms with Crippen LogP contribution in [-0.2, 0) is 4.79 Å². The number of nitrogens with zero attached hydrogens (tertiary/aromatic N) is 3. The van der Waals surface area contributed by atoms with Gasteiger partial charge in [0.25, 0.3) is 11.6 Å². The standard InChI is InChI=1S/C16H13N3O4S/c1-17-16-18(2)15(20)14(24-16)9-10-7-8-13(23-10)11-5-3-4-6-12(11)19(21)22/h3-9H,1-2H3/b14-9-,17-16?. The number of amides is 1. The highest BCUT2D eigenvalue weighted by atomic mass is 32.2. The number of likely N-dealkylation sites (N-methyl/N-ethyl adjacent to an activating group) is 1. The third-order valence-corrected chi connectivity index (χ3v) is 4.61. The fourth-order valence-corrected chi connectivity index (χ4v) is 3.20. The van der Waals surface area contributed by atoms with Crippen molar-refractivity contribution in [2.75, 3.05) is 14.1 Å². The first-order valence-corrected chi connectivity index (χ1v) is 7.81. The molecule has 8 heteroatoms. The van der Waals surface area contributed by atoms with Gasteiger partial charge in [0.05, 0.1) is 15.4 Å². The van der Waals surface area contributed by atoms with E-state index in [0.717, 1.165) is 0 Å². The van der Waals surface area contributed by atoms with Crippen molar-refractivity contribution in [2.24, 2.45) is 4.99 Å². The Morgan fingerprint density at radius 1 is 1.29 bits per heavy atom. The highest BCUT2D eigenvalue weighted by Crippen LogP contribution is 2.34. The van der Waals surface area contributed by atoms with Gasteiger partial charge in [-0.25, -0.2) is 0 Å². The molecule has 0 atom stereocenters. The number of nitro groups is 1. The second-order valence-electron chi connectivity index (χ2n) is 4.96. The number of para-hydroxylation sites is 1. The van der Waals surface area contributed by atoms with E-state index < -0.39 is 4.92 Å². The summed E-state index contributed by atoms with van der Waals surface area (Å²) in [7, 11) is 3.27. The minimum atomic E-state index is -0.453. The molecule has 2 heterocycles. The van der Waals surface area contributed by atoms with Crippen LogP contribution in [0.5, 0.6) is 0 Å². The van der Waals surface area contributed by atoms with Gasteiger partial charge in [-0.2, -0.15) is 0 Å². The van der Waals surface area contributed by atoms with E-state index in [1.54, 1.807) is 50.5 Å². The SMILES string of the molecule is CN=C1S/C(=C\c2ccc(-c3ccccc3[N+](=O)[O-])o2)C(=O)N1C. The van der Waals surface area contributed by atoms with Crippen molar-refractivity contribution < 1.29 is 14.1 Å². The Balaban J connectivity index is 1.94. The van der Waals surface area contributed by atoms with Gasteiger partial charge in [-0.05, 0) is 30.0 Å². The summed E-state index contributed by atoms with van der Waals surface area (Å²) in [5.41, 5.74) is 0.364. The van der Waals surface area contributed by atoms with Crippen molar-refractivity contribution in [3.05, 3.63) is 57.2 Å². The number of nitro benzene ring substituents is 1. The molecule has 0 spiro atoms. The van der Waals surface area contributed by atoms with Crippen LogP contribution in [-0.4, -0.2) is 35.0 Å². The maximum absolute atomic E-state index is 12.1. The van der Waals surface area contributed by atoms with E-state index in [0.29, 0.717) is 27.2 Å². The summed E-state index contributed by atoms with van der Waals surface area (Å²) >= 11 is 1.25. The van der Waals surface area contributed by atoms with Gasteiger partial charge < -0.3 is 4.42 Å². The van der Waals surface area contributed by atoms with E-state index in [1.165, 1.54) is 22.7 Å². The Kier molecular flexibility index (Phi) is 4.22. The summed E-state index contributed by atoms with van der Waals surface area (Å²) in [6.45, 7) is 0. The molecule has 7 nitrogen and oxygen atoms in total. The Labute approximate surface area is 141 Å². The molecule has 1 aromatic carbocycles. The van der Waals surface area contributed by atoms with E-state index in [1.807, 2.05) is 0 Å². The molecule has 1 aliphatic heterocycles. The number of hydrogen-bond donors (Lipinski definition) is 0. The quantitative estimate of drug-likeness (QED) is 0.484. The molecule has 0 bridgehead atoms. The second-order valence-corrected chi connectivity index (χ2v) is 5.97. The molecule has 1 aromatic heterocycles. The largest absolute Gasteiger partial charge is 0.456 e. The number of aliphatic imine (C=N–C) groups is 1. The van der Waals surface area contributed by atoms with Crippen LogP contribution in [0.4, 0.5) is 5.69 Å². The first-order valence-electron chi connectivity index (χ1n) is 6.99. The second kappa shape index (κ2) is 6.32. The Morgan fingerprint density at radius 2 is 2.04 bits per heavy atom. The third-order valence-electron chi connectivity index (χ3n) is 3.46. The summed E-state index contributed by atoms with van der Waals surface area (Å²) < 4.78 is 5.67. The van der Waals surface area contributed by atoms with Crippen LogP contribution in [0, 0.1) is 10.1 Å². The lowest BCUT2D eigenvalue weighted by molar-refractivity contribution is -0.384. The lowest BCUT2D eigenvalue weighted by atomic mass is 10.1. The van der Waals surface area contributed by atoms with Crippen molar-refractivity contribution >= 4 is 34.6 Å². The number of amidine groups is 1. The summed E-state index contributed by atoms with van der Waals surface area (Å²) in [5.74, 6) is 0.663. The number of hydrogen-bond acceptors (Lipinski definition) is 6. The first kappa shape index (κ1) is 16.0. The van der Waals surface area contributed by atoms with E-state index in [4.69, 9.17) is 4.42 Å². The lowest BCUT2D eigenvalue weighted by Gasteiger charge is -2.04.